The van der Waals surface area contributed by atoms with Crippen molar-refractivity contribution in [1.82, 2.24) is 0 Å². The van der Waals surface area contributed by atoms with E-state index in [-0.39, 0.29) is 17.5 Å². The van der Waals surface area contributed by atoms with Crippen LogP contribution in [0.2, 0.25) is 0 Å². The zero-order chi connectivity index (χ0) is 13.8. The molecule has 0 bridgehead atoms. The molecule has 1 aliphatic rings. The molecule has 0 fully saturated rings. The first-order valence-electron chi connectivity index (χ1n) is 6.27. The minimum atomic E-state index is -0.828. The molecule has 0 heterocycles. The SMILES string of the molecule is CC(SC1=CCCC1=O)c1cccc(CC(=O)O)c1. The number of carbonyl (C=O) groups is 2. The molecule has 1 aromatic carbocycles. The molecule has 1 aromatic rings. The van der Waals surface area contributed by atoms with Crippen LogP contribution in [0.3, 0.4) is 0 Å². The second-order valence-corrected chi connectivity index (χ2v) is 5.99. The van der Waals surface area contributed by atoms with E-state index < -0.39 is 5.97 Å². The summed E-state index contributed by atoms with van der Waals surface area (Å²) in [5.41, 5.74) is 1.86. The number of carbonyl (C=O) groups excluding carboxylic acids is 1. The van der Waals surface area contributed by atoms with Gasteiger partial charge in [-0.25, -0.2) is 0 Å². The molecule has 0 saturated carbocycles. The number of benzene rings is 1. The summed E-state index contributed by atoms with van der Waals surface area (Å²) in [6.45, 7) is 2.04. The van der Waals surface area contributed by atoms with E-state index in [1.807, 2.05) is 37.3 Å². The molecule has 1 aliphatic carbocycles. The zero-order valence-electron chi connectivity index (χ0n) is 10.8. The maximum absolute atomic E-state index is 11.6. The number of Topliss-reactive ketones (excluding diaryl/α,β-unsaturated/α-hetero) is 1. The Balaban J connectivity index is 2.08. The van der Waals surface area contributed by atoms with Gasteiger partial charge in [0.15, 0.2) is 5.78 Å². The Labute approximate surface area is 116 Å². The fourth-order valence-electron chi connectivity index (χ4n) is 2.07. The Bertz CT molecular complexity index is 534. The highest BCUT2D eigenvalue weighted by molar-refractivity contribution is 8.04. The Morgan fingerprint density at radius 2 is 2.26 bits per heavy atom. The number of hydrogen-bond acceptors (Lipinski definition) is 3. The quantitative estimate of drug-likeness (QED) is 0.896. The van der Waals surface area contributed by atoms with Gasteiger partial charge in [0.25, 0.3) is 0 Å². The third-order valence-electron chi connectivity index (χ3n) is 3.06. The van der Waals surface area contributed by atoms with Crippen LogP contribution < -0.4 is 0 Å². The molecule has 1 N–H and O–H groups in total. The van der Waals surface area contributed by atoms with Crippen molar-refractivity contribution < 1.29 is 14.7 Å². The molecule has 19 heavy (non-hydrogen) atoms. The molecule has 4 heteroatoms. The first-order chi connectivity index (χ1) is 9.06. The molecule has 100 valence electrons. The summed E-state index contributed by atoms with van der Waals surface area (Å²) in [5.74, 6) is -0.607. The van der Waals surface area contributed by atoms with Crippen LogP contribution in [0.25, 0.3) is 0 Å². The van der Waals surface area contributed by atoms with Gasteiger partial charge in [-0.2, -0.15) is 0 Å². The molecule has 3 nitrogen and oxygen atoms in total. The average Bonchev–Trinajstić information content (AvgIpc) is 2.74. The van der Waals surface area contributed by atoms with E-state index in [9.17, 15) is 9.59 Å². The number of ketones is 1. The average molecular weight is 276 g/mol. The van der Waals surface area contributed by atoms with E-state index >= 15 is 0 Å². The number of rotatable bonds is 5. The summed E-state index contributed by atoms with van der Waals surface area (Å²) >= 11 is 1.56. The van der Waals surface area contributed by atoms with Crippen molar-refractivity contribution in [2.75, 3.05) is 0 Å². The molecule has 0 aliphatic heterocycles. The first kappa shape index (κ1) is 13.9. The van der Waals surface area contributed by atoms with Crippen LogP contribution in [0.15, 0.2) is 35.2 Å². The second-order valence-electron chi connectivity index (χ2n) is 4.61. The number of hydrogen-bond donors (Lipinski definition) is 1. The van der Waals surface area contributed by atoms with Gasteiger partial charge in [0.2, 0.25) is 0 Å². The van der Waals surface area contributed by atoms with Crippen LogP contribution in [0.5, 0.6) is 0 Å². The predicted molar refractivity (Wildman–Crippen MR) is 76.1 cm³/mol. The molecule has 0 aromatic heterocycles. The van der Waals surface area contributed by atoms with Crippen molar-refractivity contribution >= 4 is 23.5 Å². The summed E-state index contributed by atoms with van der Waals surface area (Å²) in [5, 5.41) is 8.96. The summed E-state index contributed by atoms with van der Waals surface area (Å²) in [7, 11) is 0. The lowest BCUT2D eigenvalue weighted by Gasteiger charge is -2.12. The van der Waals surface area contributed by atoms with Crippen LogP contribution in [-0.2, 0) is 16.0 Å². The Morgan fingerprint density at radius 1 is 1.47 bits per heavy atom. The summed E-state index contributed by atoms with van der Waals surface area (Å²) in [6, 6.07) is 7.57. The summed E-state index contributed by atoms with van der Waals surface area (Å²) in [4.78, 5) is 23.1. The van der Waals surface area contributed by atoms with Crippen molar-refractivity contribution in [2.45, 2.75) is 31.4 Å². The lowest BCUT2D eigenvalue weighted by Crippen LogP contribution is -2.01. The van der Waals surface area contributed by atoms with Gasteiger partial charge in [-0.1, -0.05) is 30.3 Å². The van der Waals surface area contributed by atoms with Crippen molar-refractivity contribution in [3.8, 4) is 0 Å². The Hall–Kier alpha value is -1.55. The maximum Gasteiger partial charge on any atom is 0.307 e. The first-order valence-corrected chi connectivity index (χ1v) is 7.15. The second kappa shape index (κ2) is 6.06. The molecule has 2 rings (SSSR count). The van der Waals surface area contributed by atoms with Gasteiger partial charge in [0.05, 0.1) is 6.42 Å². The lowest BCUT2D eigenvalue weighted by atomic mass is 10.1. The smallest absolute Gasteiger partial charge is 0.307 e. The van der Waals surface area contributed by atoms with Crippen LogP contribution in [-0.4, -0.2) is 16.9 Å². The van der Waals surface area contributed by atoms with Gasteiger partial charge in [0, 0.05) is 16.6 Å². The van der Waals surface area contributed by atoms with Crippen LogP contribution in [0.4, 0.5) is 0 Å². The van der Waals surface area contributed by atoms with Crippen molar-refractivity contribution in [2.24, 2.45) is 0 Å². The van der Waals surface area contributed by atoms with E-state index in [0.29, 0.717) is 6.42 Å². The predicted octanol–water partition coefficient (Wildman–Crippen LogP) is 3.35. The number of carboxylic acid groups (broad SMARTS) is 1. The van der Waals surface area contributed by atoms with Crippen molar-refractivity contribution in [1.29, 1.82) is 0 Å². The molecular weight excluding hydrogens is 260 g/mol. The van der Waals surface area contributed by atoms with Crippen molar-refractivity contribution in [3.63, 3.8) is 0 Å². The van der Waals surface area contributed by atoms with Crippen LogP contribution in [0, 0.1) is 0 Å². The van der Waals surface area contributed by atoms with Crippen LogP contribution in [0.1, 0.15) is 36.1 Å². The topological polar surface area (TPSA) is 54.4 Å². The fourth-order valence-corrected chi connectivity index (χ4v) is 3.19. The number of aliphatic carboxylic acids is 1. The molecule has 1 atom stereocenters. The van der Waals surface area contributed by atoms with E-state index in [2.05, 4.69) is 0 Å². The minimum absolute atomic E-state index is 0.0346. The van der Waals surface area contributed by atoms with E-state index in [4.69, 9.17) is 5.11 Å². The van der Waals surface area contributed by atoms with Gasteiger partial charge >= 0.3 is 5.97 Å². The summed E-state index contributed by atoms with van der Waals surface area (Å²) < 4.78 is 0. The van der Waals surface area contributed by atoms with E-state index in [1.165, 1.54) is 0 Å². The number of allylic oxidation sites excluding steroid dienone is 2. The lowest BCUT2D eigenvalue weighted by molar-refractivity contribution is -0.136. The monoisotopic (exact) mass is 276 g/mol. The Kier molecular flexibility index (Phi) is 4.43. The molecule has 0 radical (unpaired) electrons. The van der Waals surface area contributed by atoms with E-state index in [1.54, 1.807) is 11.8 Å². The Morgan fingerprint density at radius 3 is 2.89 bits per heavy atom. The fraction of sp³-hybridized carbons (Fsp3) is 0.333. The normalized spacial score (nSPS) is 16.3. The minimum Gasteiger partial charge on any atom is -0.481 e. The van der Waals surface area contributed by atoms with E-state index in [0.717, 1.165) is 22.5 Å². The number of thioether (sulfide) groups is 1. The largest absolute Gasteiger partial charge is 0.481 e. The van der Waals surface area contributed by atoms with Gasteiger partial charge in [0.1, 0.15) is 0 Å². The highest BCUT2D eigenvalue weighted by atomic mass is 32.2. The molecule has 0 amide bonds. The highest BCUT2D eigenvalue weighted by Crippen LogP contribution is 2.37. The third-order valence-corrected chi connectivity index (χ3v) is 4.33. The zero-order valence-corrected chi connectivity index (χ0v) is 11.6. The standard InChI is InChI=1S/C15H16O3S/c1-10(19-14-7-3-6-13(14)16)12-5-2-4-11(8-12)9-15(17)18/h2,4-5,7-8,10H,3,6,9H2,1H3,(H,17,18). The molecule has 0 saturated heterocycles. The van der Waals surface area contributed by atoms with Gasteiger partial charge in [-0.15, -0.1) is 11.8 Å². The molecule has 0 spiro atoms. The molecule has 1 unspecified atom stereocenters. The highest BCUT2D eigenvalue weighted by Gasteiger charge is 2.19. The van der Waals surface area contributed by atoms with Gasteiger partial charge < -0.3 is 5.11 Å². The van der Waals surface area contributed by atoms with Crippen molar-refractivity contribution in [3.05, 3.63) is 46.4 Å². The maximum atomic E-state index is 11.6. The third kappa shape index (κ3) is 3.70. The molecular formula is C15H16O3S. The van der Waals surface area contributed by atoms with Gasteiger partial charge in [-0.3, -0.25) is 9.59 Å². The number of carboxylic acids is 1. The van der Waals surface area contributed by atoms with Gasteiger partial charge in [-0.05, 0) is 24.5 Å². The van der Waals surface area contributed by atoms with Crippen LogP contribution >= 0.6 is 11.8 Å². The summed E-state index contributed by atoms with van der Waals surface area (Å²) in [6.07, 6.45) is 3.48.